The molecular weight excluding hydrogens is 308 g/mol. The molecule has 0 bridgehead atoms. The van der Waals surface area contributed by atoms with E-state index >= 15 is 0 Å². The van der Waals surface area contributed by atoms with E-state index in [-0.39, 0.29) is 11.9 Å². The molecule has 0 unspecified atom stereocenters. The molecule has 5 heteroatoms. The molecule has 100 valence electrons. The van der Waals surface area contributed by atoms with E-state index < -0.39 is 0 Å². The predicted molar refractivity (Wildman–Crippen MR) is 79.2 cm³/mol. The number of furan rings is 1. The minimum absolute atomic E-state index is 0.0518. The molecule has 0 radical (unpaired) electrons. The van der Waals surface area contributed by atoms with E-state index in [0.29, 0.717) is 0 Å². The van der Waals surface area contributed by atoms with E-state index in [1.54, 1.807) is 6.26 Å². The van der Waals surface area contributed by atoms with Crippen LogP contribution < -0.4 is 10.6 Å². The van der Waals surface area contributed by atoms with Crippen LogP contribution in [0.5, 0.6) is 0 Å². The van der Waals surface area contributed by atoms with Crippen molar-refractivity contribution in [3.05, 3.63) is 46.8 Å². The lowest BCUT2D eigenvalue weighted by Gasteiger charge is -2.14. The number of nitrogens with one attached hydrogen (secondary N) is 2. The lowest BCUT2D eigenvalue weighted by molar-refractivity contribution is -0.114. The fourth-order valence-corrected chi connectivity index (χ4v) is 2.33. The van der Waals surface area contributed by atoms with Gasteiger partial charge in [0.1, 0.15) is 5.76 Å². The van der Waals surface area contributed by atoms with Crippen molar-refractivity contribution in [2.24, 2.45) is 0 Å². The van der Waals surface area contributed by atoms with Gasteiger partial charge in [-0.25, -0.2) is 0 Å². The van der Waals surface area contributed by atoms with Gasteiger partial charge < -0.3 is 15.1 Å². The Kier molecular flexibility index (Phi) is 4.27. The predicted octanol–water partition coefficient (Wildman–Crippen LogP) is 4.17. The van der Waals surface area contributed by atoms with Crippen LogP contribution in [-0.4, -0.2) is 5.91 Å². The topological polar surface area (TPSA) is 54.3 Å². The highest BCUT2D eigenvalue weighted by Crippen LogP contribution is 2.27. The summed E-state index contributed by atoms with van der Waals surface area (Å²) in [6.45, 7) is 3.51. The SMILES string of the molecule is CC(=O)Nc1ccc(N[C@@H](C)c2occc2Br)cc1. The third-order valence-corrected chi connectivity index (χ3v) is 3.28. The summed E-state index contributed by atoms with van der Waals surface area (Å²) in [5.74, 6) is 0.777. The maximum atomic E-state index is 10.9. The normalized spacial score (nSPS) is 11.9. The minimum Gasteiger partial charge on any atom is -0.466 e. The maximum absolute atomic E-state index is 10.9. The first kappa shape index (κ1) is 13.7. The number of carbonyl (C=O) groups is 1. The zero-order chi connectivity index (χ0) is 13.8. The molecule has 19 heavy (non-hydrogen) atoms. The first-order valence-electron chi connectivity index (χ1n) is 5.93. The highest BCUT2D eigenvalue weighted by atomic mass is 79.9. The van der Waals surface area contributed by atoms with Crippen LogP contribution in [0.25, 0.3) is 0 Å². The maximum Gasteiger partial charge on any atom is 0.221 e. The molecule has 1 heterocycles. The van der Waals surface area contributed by atoms with E-state index in [1.807, 2.05) is 37.3 Å². The van der Waals surface area contributed by atoms with Crippen molar-refractivity contribution >= 4 is 33.2 Å². The van der Waals surface area contributed by atoms with Crippen LogP contribution in [0.15, 0.2) is 45.5 Å². The average molecular weight is 323 g/mol. The van der Waals surface area contributed by atoms with Gasteiger partial charge >= 0.3 is 0 Å². The highest BCUT2D eigenvalue weighted by Gasteiger charge is 2.12. The largest absolute Gasteiger partial charge is 0.466 e. The number of benzene rings is 1. The second kappa shape index (κ2) is 5.93. The van der Waals surface area contributed by atoms with Gasteiger partial charge in [0, 0.05) is 18.3 Å². The van der Waals surface area contributed by atoms with Crippen molar-refractivity contribution in [2.45, 2.75) is 19.9 Å². The smallest absolute Gasteiger partial charge is 0.221 e. The van der Waals surface area contributed by atoms with Crippen molar-refractivity contribution in [2.75, 3.05) is 10.6 Å². The summed E-state index contributed by atoms with van der Waals surface area (Å²) in [5, 5.41) is 6.06. The van der Waals surface area contributed by atoms with Gasteiger partial charge in [0.25, 0.3) is 0 Å². The van der Waals surface area contributed by atoms with Crippen LogP contribution in [0.4, 0.5) is 11.4 Å². The summed E-state index contributed by atoms with van der Waals surface area (Å²) < 4.78 is 6.35. The number of anilines is 2. The molecule has 1 amide bonds. The quantitative estimate of drug-likeness (QED) is 0.888. The molecule has 0 aliphatic heterocycles. The third kappa shape index (κ3) is 3.61. The van der Waals surface area contributed by atoms with E-state index in [9.17, 15) is 4.79 Å². The Morgan fingerprint density at radius 3 is 2.37 bits per heavy atom. The number of amides is 1. The number of rotatable bonds is 4. The minimum atomic E-state index is -0.0754. The van der Waals surface area contributed by atoms with Crippen LogP contribution in [0.2, 0.25) is 0 Å². The summed E-state index contributed by atoms with van der Waals surface area (Å²) in [6, 6.07) is 9.46. The molecule has 1 aromatic heterocycles. The van der Waals surface area contributed by atoms with Gasteiger partial charge in [0.15, 0.2) is 0 Å². The molecule has 0 saturated carbocycles. The second-order valence-corrected chi connectivity index (χ2v) is 5.11. The van der Waals surface area contributed by atoms with Crippen molar-refractivity contribution < 1.29 is 9.21 Å². The van der Waals surface area contributed by atoms with E-state index in [0.717, 1.165) is 21.6 Å². The van der Waals surface area contributed by atoms with E-state index in [4.69, 9.17) is 4.42 Å². The van der Waals surface area contributed by atoms with Gasteiger partial charge in [-0.15, -0.1) is 0 Å². The van der Waals surface area contributed by atoms with E-state index in [1.165, 1.54) is 6.92 Å². The summed E-state index contributed by atoms with van der Waals surface area (Å²) in [4.78, 5) is 10.9. The zero-order valence-corrected chi connectivity index (χ0v) is 12.3. The summed E-state index contributed by atoms with van der Waals surface area (Å²) in [5.41, 5.74) is 1.75. The van der Waals surface area contributed by atoms with Gasteiger partial charge in [-0.05, 0) is 53.2 Å². The highest BCUT2D eigenvalue weighted by molar-refractivity contribution is 9.10. The average Bonchev–Trinajstić information content (AvgIpc) is 2.77. The van der Waals surface area contributed by atoms with Crippen LogP contribution in [0.3, 0.4) is 0 Å². The lowest BCUT2D eigenvalue weighted by atomic mass is 10.2. The van der Waals surface area contributed by atoms with Crippen molar-refractivity contribution in [3.63, 3.8) is 0 Å². The first-order chi connectivity index (χ1) is 9.06. The summed E-state index contributed by atoms with van der Waals surface area (Å²) in [7, 11) is 0. The molecular formula is C14H15BrN2O2. The monoisotopic (exact) mass is 322 g/mol. The Labute approximate surface area is 120 Å². The standard InChI is InChI=1S/C14H15BrN2O2/c1-9(14-13(15)7-8-19-14)16-11-3-5-12(6-4-11)17-10(2)18/h3-9,16H,1-2H3,(H,17,18)/t9-/m0/s1. The summed E-state index contributed by atoms with van der Waals surface area (Å²) >= 11 is 3.44. The molecule has 1 atom stereocenters. The Bertz CT molecular complexity index is 563. The van der Waals surface area contributed by atoms with Crippen molar-refractivity contribution in [1.82, 2.24) is 0 Å². The Hall–Kier alpha value is -1.75. The molecule has 1 aromatic carbocycles. The third-order valence-electron chi connectivity index (χ3n) is 2.63. The van der Waals surface area contributed by atoms with Gasteiger partial charge in [0.05, 0.1) is 16.8 Å². The van der Waals surface area contributed by atoms with Crippen LogP contribution in [0, 0.1) is 0 Å². The van der Waals surface area contributed by atoms with Crippen LogP contribution >= 0.6 is 15.9 Å². The molecule has 0 fully saturated rings. The fourth-order valence-electron chi connectivity index (χ4n) is 1.78. The molecule has 4 nitrogen and oxygen atoms in total. The van der Waals surface area contributed by atoms with Gasteiger partial charge in [-0.2, -0.15) is 0 Å². The molecule has 0 spiro atoms. The van der Waals surface area contributed by atoms with Gasteiger partial charge in [-0.1, -0.05) is 0 Å². The first-order valence-corrected chi connectivity index (χ1v) is 6.72. The zero-order valence-electron chi connectivity index (χ0n) is 10.7. The Balaban J connectivity index is 2.03. The molecule has 2 N–H and O–H groups in total. The number of hydrogen-bond donors (Lipinski definition) is 2. The molecule has 0 saturated heterocycles. The Morgan fingerprint density at radius 2 is 1.84 bits per heavy atom. The van der Waals surface area contributed by atoms with Crippen molar-refractivity contribution in [1.29, 1.82) is 0 Å². The van der Waals surface area contributed by atoms with E-state index in [2.05, 4.69) is 26.6 Å². The molecule has 0 aliphatic carbocycles. The number of halogens is 1. The van der Waals surface area contributed by atoms with Crippen LogP contribution in [0.1, 0.15) is 25.6 Å². The van der Waals surface area contributed by atoms with Gasteiger partial charge in [0.2, 0.25) is 5.91 Å². The molecule has 2 aromatic rings. The van der Waals surface area contributed by atoms with Crippen LogP contribution in [-0.2, 0) is 4.79 Å². The van der Waals surface area contributed by atoms with Gasteiger partial charge in [-0.3, -0.25) is 4.79 Å². The lowest BCUT2D eigenvalue weighted by Crippen LogP contribution is -2.07. The number of hydrogen-bond acceptors (Lipinski definition) is 3. The Morgan fingerprint density at radius 1 is 1.21 bits per heavy atom. The number of carbonyl (C=O) groups excluding carboxylic acids is 1. The fraction of sp³-hybridized carbons (Fsp3) is 0.214. The molecule has 2 rings (SSSR count). The molecule has 0 aliphatic rings. The van der Waals surface area contributed by atoms with Crippen molar-refractivity contribution in [3.8, 4) is 0 Å². The second-order valence-electron chi connectivity index (χ2n) is 4.26. The summed E-state index contributed by atoms with van der Waals surface area (Å²) in [6.07, 6.45) is 1.65.